The van der Waals surface area contributed by atoms with Gasteiger partial charge in [-0.15, -0.1) is 11.3 Å². The lowest BCUT2D eigenvalue weighted by molar-refractivity contribution is -0.123. The van der Waals surface area contributed by atoms with Crippen LogP contribution in [0.15, 0.2) is 30.5 Å². The first kappa shape index (κ1) is 18.2. The lowest BCUT2D eigenvalue weighted by atomic mass is 9.80. The first-order chi connectivity index (χ1) is 13.2. The van der Waals surface area contributed by atoms with Crippen molar-refractivity contribution in [2.75, 3.05) is 11.9 Å². The van der Waals surface area contributed by atoms with Crippen LogP contribution in [0.2, 0.25) is 0 Å². The lowest BCUT2D eigenvalue weighted by Crippen LogP contribution is -2.35. The Labute approximate surface area is 164 Å². The topological polar surface area (TPSA) is 57.0 Å². The molecular formula is C22H25N3OS. The zero-order valence-corrected chi connectivity index (χ0v) is 16.5. The van der Waals surface area contributed by atoms with Gasteiger partial charge in [0.1, 0.15) is 0 Å². The molecule has 2 aliphatic carbocycles. The molecule has 1 amide bonds. The molecule has 2 fully saturated rings. The van der Waals surface area contributed by atoms with E-state index in [0.29, 0.717) is 18.3 Å². The number of hydrogen-bond donors (Lipinski definition) is 0. The number of thiazole rings is 1. The van der Waals surface area contributed by atoms with Crippen molar-refractivity contribution < 1.29 is 4.79 Å². The number of benzene rings is 1. The molecule has 140 valence electrons. The molecule has 0 aliphatic heterocycles. The van der Waals surface area contributed by atoms with E-state index in [1.807, 2.05) is 30.3 Å². The van der Waals surface area contributed by atoms with Crippen molar-refractivity contribution in [3.63, 3.8) is 0 Å². The molecule has 1 aromatic carbocycles. The van der Waals surface area contributed by atoms with Gasteiger partial charge in [-0.3, -0.25) is 4.79 Å². The summed E-state index contributed by atoms with van der Waals surface area (Å²) < 4.78 is 0. The first-order valence-corrected chi connectivity index (χ1v) is 10.7. The molecule has 0 atom stereocenters. The van der Waals surface area contributed by atoms with Crippen LogP contribution in [0.25, 0.3) is 10.4 Å². The van der Waals surface area contributed by atoms with Crippen molar-refractivity contribution in [1.29, 1.82) is 5.26 Å². The summed E-state index contributed by atoms with van der Waals surface area (Å²) in [4.78, 5) is 20.5. The van der Waals surface area contributed by atoms with Crippen LogP contribution in [0.1, 0.15) is 55.9 Å². The Bertz CT molecular complexity index is 856. The van der Waals surface area contributed by atoms with Crippen molar-refractivity contribution >= 4 is 22.9 Å². The van der Waals surface area contributed by atoms with Crippen LogP contribution in [0.4, 0.5) is 5.69 Å². The second kappa shape index (κ2) is 7.82. The van der Waals surface area contributed by atoms with E-state index < -0.39 is 0 Å². The molecule has 0 radical (unpaired) electrons. The molecule has 2 aliphatic rings. The maximum atomic E-state index is 13.0. The fraction of sp³-hybridized carbons (Fsp3) is 0.500. The average Bonchev–Trinajstić information content (AvgIpc) is 3.44. The standard InChI is InChI=1S/C22H25N3OS/c1-25(22(26)17-7-5-15(6-8-17)11-12-23)19-4-2-3-18(13-19)20-14-24-21(27-20)16-9-10-16/h2-4,13-17H,5-11H2,1H3. The Hall–Kier alpha value is -2.19. The summed E-state index contributed by atoms with van der Waals surface area (Å²) >= 11 is 1.78. The third-order valence-electron chi connectivity index (χ3n) is 5.87. The van der Waals surface area contributed by atoms with Gasteiger partial charge in [0.25, 0.3) is 0 Å². The predicted octanol–water partition coefficient (Wildman–Crippen LogP) is 5.37. The summed E-state index contributed by atoms with van der Waals surface area (Å²) in [5.74, 6) is 1.43. The monoisotopic (exact) mass is 379 g/mol. The van der Waals surface area contributed by atoms with Crippen LogP contribution in [-0.4, -0.2) is 17.9 Å². The number of amides is 1. The van der Waals surface area contributed by atoms with Gasteiger partial charge in [-0.25, -0.2) is 4.98 Å². The Morgan fingerprint density at radius 1 is 1.26 bits per heavy atom. The maximum absolute atomic E-state index is 13.0. The van der Waals surface area contributed by atoms with E-state index in [2.05, 4.69) is 23.2 Å². The second-order valence-electron chi connectivity index (χ2n) is 7.86. The van der Waals surface area contributed by atoms with Gasteiger partial charge in [-0.1, -0.05) is 12.1 Å². The van der Waals surface area contributed by atoms with Crippen LogP contribution < -0.4 is 4.90 Å². The zero-order valence-electron chi connectivity index (χ0n) is 15.7. The van der Waals surface area contributed by atoms with Crippen LogP contribution in [0.3, 0.4) is 0 Å². The number of hydrogen-bond acceptors (Lipinski definition) is 4. The highest BCUT2D eigenvalue weighted by Crippen LogP contribution is 2.43. The van der Waals surface area contributed by atoms with E-state index in [-0.39, 0.29) is 11.8 Å². The molecule has 1 aromatic heterocycles. The van der Waals surface area contributed by atoms with E-state index in [0.717, 1.165) is 36.9 Å². The molecule has 4 nitrogen and oxygen atoms in total. The number of aromatic nitrogens is 1. The van der Waals surface area contributed by atoms with Crippen molar-refractivity contribution in [3.05, 3.63) is 35.5 Å². The van der Waals surface area contributed by atoms with E-state index in [9.17, 15) is 4.79 Å². The quantitative estimate of drug-likeness (QED) is 0.702. The molecule has 0 saturated heterocycles. The molecule has 2 saturated carbocycles. The molecule has 2 aromatic rings. The van der Waals surface area contributed by atoms with Gasteiger partial charge in [0.05, 0.1) is 16.0 Å². The number of rotatable bonds is 5. The van der Waals surface area contributed by atoms with Gasteiger partial charge in [0, 0.05) is 37.2 Å². The first-order valence-electron chi connectivity index (χ1n) is 9.86. The molecule has 1 heterocycles. The average molecular weight is 380 g/mol. The Balaban J connectivity index is 1.44. The molecule has 0 bridgehead atoms. The number of nitriles is 1. The van der Waals surface area contributed by atoms with Crippen molar-refractivity contribution in [3.8, 4) is 16.5 Å². The van der Waals surface area contributed by atoms with Crippen LogP contribution in [-0.2, 0) is 4.79 Å². The summed E-state index contributed by atoms with van der Waals surface area (Å²) in [6.07, 6.45) is 8.89. The van der Waals surface area contributed by atoms with Gasteiger partial charge in [-0.05, 0) is 62.1 Å². The third-order valence-corrected chi connectivity index (χ3v) is 7.08. The highest BCUT2D eigenvalue weighted by Gasteiger charge is 2.29. The molecule has 4 rings (SSSR count). The fourth-order valence-corrected chi connectivity index (χ4v) is 5.03. The van der Waals surface area contributed by atoms with E-state index in [4.69, 9.17) is 5.26 Å². The van der Waals surface area contributed by atoms with Gasteiger partial charge in [-0.2, -0.15) is 5.26 Å². The summed E-state index contributed by atoms with van der Waals surface area (Å²) in [5, 5.41) is 10.1. The van der Waals surface area contributed by atoms with Crippen LogP contribution in [0.5, 0.6) is 0 Å². The minimum Gasteiger partial charge on any atom is -0.315 e. The molecule has 5 heteroatoms. The summed E-state index contributed by atoms with van der Waals surface area (Å²) in [6.45, 7) is 0. The molecule has 0 spiro atoms. The zero-order chi connectivity index (χ0) is 18.8. The molecular weight excluding hydrogens is 354 g/mol. The summed E-state index contributed by atoms with van der Waals surface area (Å²) in [6, 6.07) is 10.5. The van der Waals surface area contributed by atoms with Crippen LogP contribution >= 0.6 is 11.3 Å². The normalized spacial score (nSPS) is 22.2. The summed E-state index contributed by atoms with van der Waals surface area (Å²) in [5.41, 5.74) is 2.08. The highest BCUT2D eigenvalue weighted by molar-refractivity contribution is 7.15. The number of carbonyl (C=O) groups is 1. The molecule has 27 heavy (non-hydrogen) atoms. The van der Waals surface area contributed by atoms with E-state index in [1.54, 1.807) is 11.3 Å². The Morgan fingerprint density at radius 3 is 2.74 bits per heavy atom. The van der Waals surface area contributed by atoms with E-state index >= 15 is 0 Å². The SMILES string of the molecule is CN(C(=O)C1CCC(CC#N)CC1)c1cccc(-c2cnc(C3CC3)s2)c1. The van der Waals surface area contributed by atoms with Gasteiger partial charge in [0.2, 0.25) is 5.91 Å². The smallest absolute Gasteiger partial charge is 0.229 e. The van der Waals surface area contributed by atoms with Crippen molar-refractivity contribution in [2.45, 2.75) is 50.9 Å². The summed E-state index contributed by atoms with van der Waals surface area (Å²) in [7, 11) is 1.88. The number of anilines is 1. The van der Waals surface area contributed by atoms with Crippen molar-refractivity contribution in [1.82, 2.24) is 4.98 Å². The number of carbonyl (C=O) groups excluding carboxylic acids is 1. The highest BCUT2D eigenvalue weighted by atomic mass is 32.1. The fourth-order valence-electron chi connectivity index (χ4n) is 3.95. The predicted molar refractivity (Wildman–Crippen MR) is 109 cm³/mol. The van der Waals surface area contributed by atoms with Crippen molar-refractivity contribution in [2.24, 2.45) is 11.8 Å². The minimum absolute atomic E-state index is 0.0819. The number of nitrogens with zero attached hydrogens (tertiary/aromatic N) is 3. The Morgan fingerprint density at radius 2 is 2.04 bits per heavy atom. The Kier molecular flexibility index (Phi) is 5.27. The van der Waals surface area contributed by atoms with Gasteiger partial charge < -0.3 is 4.90 Å². The maximum Gasteiger partial charge on any atom is 0.229 e. The second-order valence-corrected chi connectivity index (χ2v) is 8.93. The molecule has 0 N–H and O–H groups in total. The largest absolute Gasteiger partial charge is 0.315 e. The van der Waals surface area contributed by atoms with Crippen LogP contribution in [0, 0.1) is 23.2 Å². The van der Waals surface area contributed by atoms with E-state index in [1.165, 1.54) is 22.7 Å². The lowest BCUT2D eigenvalue weighted by Gasteiger charge is -2.29. The minimum atomic E-state index is 0.0819. The third kappa shape index (κ3) is 4.06. The molecule has 0 unspecified atom stereocenters. The van der Waals surface area contributed by atoms with Gasteiger partial charge >= 0.3 is 0 Å². The van der Waals surface area contributed by atoms with Gasteiger partial charge in [0.15, 0.2) is 0 Å².